The lowest BCUT2D eigenvalue weighted by Gasteiger charge is -2.38. The Labute approximate surface area is 190 Å². The lowest BCUT2D eigenvalue weighted by Crippen LogP contribution is -2.41. The van der Waals surface area contributed by atoms with E-state index in [9.17, 15) is 9.59 Å². The van der Waals surface area contributed by atoms with Crippen LogP contribution in [0.15, 0.2) is 42.5 Å². The molecule has 1 heterocycles. The van der Waals surface area contributed by atoms with Gasteiger partial charge in [0.2, 0.25) is 5.91 Å². The van der Waals surface area contributed by atoms with Crippen LogP contribution in [0.3, 0.4) is 0 Å². The van der Waals surface area contributed by atoms with E-state index in [-0.39, 0.29) is 23.8 Å². The Morgan fingerprint density at radius 2 is 1.84 bits per heavy atom. The van der Waals surface area contributed by atoms with Crippen LogP contribution < -0.4 is 10.1 Å². The van der Waals surface area contributed by atoms with Gasteiger partial charge in [0.15, 0.2) is 6.10 Å². The zero-order chi connectivity index (χ0) is 22.2. The van der Waals surface area contributed by atoms with Crippen LogP contribution in [0.1, 0.15) is 67.3 Å². The molecule has 1 N–H and O–H groups in total. The topological polar surface area (TPSA) is 58.6 Å². The molecule has 2 amide bonds. The second kappa shape index (κ2) is 8.61. The fraction of sp³-hybridized carbons (Fsp3) is 0.481. The van der Waals surface area contributed by atoms with Gasteiger partial charge in [0.25, 0.3) is 5.91 Å². The largest absolute Gasteiger partial charge is 0.481 e. The fourth-order valence-corrected chi connectivity index (χ4v) is 4.59. The molecule has 2 atom stereocenters. The predicted molar refractivity (Wildman–Crippen MR) is 123 cm³/mol. The average molecular weight is 433 g/mol. The molecule has 0 unspecified atom stereocenters. The van der Waals surface area contributed by atoms with Gasteiger partial charge in [0, 0.05) is 18.5 Å². The van der Waals surface area contributed by atoms with Crippen molar-refractivity contribution >= 4 is 11.8 Å². The molecule has 2 aromatic rings. The summed E-state index contributed by atoms with van der Waals surface area (Å²) >= 11 is 0. The first-order chi connectivity index (χ1) is 15.5. The van der Waals surface area contributed by atoms with Crippen LogP contribution in [0.25, 0.3) is 0 Å². The highest BCUT2D eigenvalue weighted by molar-refractivity contribution is 5.83. The zero-order valence-electron chi connectivity index (χ0n) is 19.0. The SMILES string of the molecule is CC[C@@H](Oc1ccc2c(c1)[C@@H](c1ccc(C)cc1)N(C(=O)C1CC1)CC2)C(=O)NC1CC1. The quantitative estimate of drug-likeness (QED) is 0.709. The number of nitrogens with zero attached hydrogens (tertiary/aromatic N) is 1. The van der Waals surface area contributed by atoms with E-state index in [1.807, 2.05) is 13.0 Å². The van der Waals surface area contributed by atoms with Crippen molar-refractivity contribution in [1.82, 2.24) is 10.2 Å². The molecule has 0 saturated heterocycles. The standard InChI is InChI=1S/C27H32N2O3/c1-3-24(26(30)28-21-11-12-21)32-22-13-10-18-14-15-29(27(31)20-8-9-20)25(23(18)16-22)19-6-4-17(2)5-7-19/h4-7,10,13,16,20-21,24-25H,3,8-9,11-12,14-15H2,1-2H3,(H,28,30)/t24-,25-/m1/s1. The first kappa shape index (κ1) is 21.0. The van der Waals surface area contributed by atoms with E-state index in [1.165, 1.54) is 11.1 Å². The Balaban J connectivity index is 1.46. The van der Waals surface area contributed by atoms with E-state index < -0.39 is 6.10 Å². The van der Waals surface area contributed by atoms with Gasteiger partial charge in [-0.15, -0.1) is 0 Å². The molecule has 0 bridgehead atoms. The van der Waals surface area contributed by atoms with Gasteiger partial charge < -0.3 is 15.0 Å². The monoisotopic (exact) mass is 432 g/mol. The van der Waals surface area contributed by atoms with Crippen LogP contribution in [0.2, 0.25) is 0 Å². The maximum Gasteiger partial charge on any atom is 0.261 e. The number of carbonyl (C=O) groups excluding carboxylic acids is 2. The van der Waals surface area contributed by atoms with Crippen molar-refractivity contribution in [2.75, 3.05) is 6.54 Å². The molecule has 32 heavy (non-hydrogen) atoms. The molecule has 0 aromatic heterocycles. The molecule has 5 nitrogen and oxygen atoms in total. The number of amides is 2. The molecule has 3 aliphatic rings. The molecule has 0 radical (unpaired) electrons. The zero-order valence-corrected chi connectivity index (χ0v) is 19.0. The van der Waals surface area contributed by atoms with Crippen LogP contribution in [0.5, 0.6) is 5.75 Å². The Kier molecular flexibility index (Phi) is 5.66. The van der Waals surface area contributed by atoms with Crippen LogP contribution in [0.4, 0.5) is 0 Å². The van der Waals surface area contributed by atoms with Gasteiger partial charge in [-0.2, -0.15) is 0 Å². The first-order valence-corrected chi connectivity index (χ1v) is 12.0. The van der Waals surface area contributed by atoms with Crippen molar-refractivity contribution < 1.29 is 14.3 Å². The smallest absolute Gasteiger partial charge is 0.261 e. The minimum absolute atomic E-state index is 0.0339. The number of hydrogen-bond donors (Lipinski definition) is 1. The molecule has 2 aromatic carbocycles. The van der Waals surface area contributed by atoms with Gasteiger partial charge in [-0.1, -0.05) is 42.8 Å². The van der Waals surface area contributed by atoms with E-state index in [4.69, 9.17) is 4.74 Å². The third-order valence-electron chi connectivity index (χ3n) is 6.81. The number of fused-ring (bicyclic) bond motifs is 1. The third-order valence-corrected chi connectivity index (χ3v) is 6.81. The first-order valence-electron chi connectivity index (χ1n) is 12.0. The maximum absolute atomic E-state index is 13.2. The normalized spacial score (nSPS) is 20.9. The maximum atomic E-state index is 13.2. The van der Waals surface area contributed by atoms with Gasteiger partial charge in [-0.05, 0) is 74.3 Å². The summed E-state index contributed by atoms with van der Waals surface area (Å²) in [6.45, 7) is 4.79. The summed E-state index contributed by atoms with van der Waals surface area (Å²) < 4.78 is 6.16. The molecule has 0 spiro atoms. The predicted octanol–water partition coefficient (Wildman–Crippen LogP) is 4.32. The van der Waals surface area contributed by atoms with E-state index in [1.54, 1.807) is 0 Å². The fourth-order valence-electron chi connectivity index (χ4n) is 4.59. The molecular formula is C27H32N2O3. The summed E-state index contributed by atoms with van der Waals surface area (Å²) in [6.07, 6.45) is 5.08. The molecule has 5 rings (SSSR count). The van der Waals surface area contributed by atoms with Crippen molar-refractivity contribution in [1.29, 1.82) is 0 Å². The van der Waals surface area contributed by atoms with E-state index in [0.29, 0.717) is 18.2 Å². The van der Waals surface area contributed by atoms with Crippen molar-refractivity contribution in [3.8, 4) is 5.75 Å². The highest BCUT2D eigenvalue weighted by atomic mass is 16.5. The number of carbonyl (C=O) groups is 2. The number of rotatable bonds is 7. The molecule has 2 fully saturated rings. The number of hydrogen-bond acceptors (Lipinski definition) is 3. The summed E-state index contributed by atoms with van der Waals surface area (Å²) in [5.41, 5.74) is 4.69. The number of nitrogens with one attached hydrogen (secondary N) is 1. The van der Waals surface area contributed by atoms with Crippen LogP contribution in [0, 0.1) is 12.8 Å². The Hall–Kier alpha value is -2.82. The summed E-state index contributed by atoms with van der Waals surface area (Å²) in [6, 6.07) is 14.8. The van der Waals surface area contributed by atoms with Crippen LogP contribution in [-0.2, 0) is 16.0 Å². The Bertz CT molecular complexity index is 1010. The van der Waals surface area contributed by atoms with Crippen molar-refractivity contribution in [3.05, 3.63) is 64.7 Å². The lowest BCUT2D eigenvalue weighted by atomic mass is 9.87. The second-order valence-electron chi connectivity index (χ2n) is 9.53. The number of benzene rings is 2. The number of aryl methyl sites for hydroxylation is 1. The summed E-state index contributed by atoms with van der Waals surface area (Å²) in [4.78, 5) is 27.8. The lowest BCUT2D eigenvalue weighted by molar-refractivity contribution is -0.134. The van der Waals surface area contributed by atoms with E-state index >= 15 is 0 Å². The minimum Gasteiger partial charge on any atom is -0.481 e. The van der Waals surface area contributed by atoms with Gasteiger partial charge in [-0.3, -0.25) is 9.59 Å². The third kappa shape index (κ3) is 4.38. The highest BCUT2D eigenvalue weighted by Gasteiger charge is 2.39. The summed E-state index contributed by atoms with van der Waals surface area (Å²) in [5, 5.41) is 3.05. The van der Waals surface area contributed by atoms with Crippen molar-refractivity contribution in [2.45, 2.75) is 70.6 Å². The van der Waals surface area contributed by atoms with Crippen molar-refractivity contribution in [2.24, 2.45) is 5.92 Å². The second-order valence-corrected chi connectivity index (χ2v) is 9.53. The van der Waals surface area contributed by atoms with Crippen LogP contribution >= 0.6 is 0 Å². The summed E-state index contributed by atoms with van der Waals surface area (Å²) in [5.74, 6) is 1.11. The molecule has 2 aliphatic carbocycles. The minimum atomic E-state index is -0.501. The molecule has 5 heteroatoms. The van der Waals surface area contributed by atoms with Gasteiger partial charge in [0.1, 0.15) is 5.75 Å². The van der Waals surface area contributed by atoms with Gasteiger partial charge >= 0.3 is 0 Å². The molecule has 2 saturated carbocycles. The Morgan fingerprint density at radius 3 is 2.50 bits per heavy atom. The Morgan fingerprint density at radius 1 is 1.09 bits per heavy atom. The molecular weight excluding hydrogens is 400 g/mol. The van der Waals surface area contributed by atoms with Crippen molar-refractivity contribution in [3.63, 3.8) is 0 Å². The van der Waals surface area contributed by atoms with E-state index in [0.717, 1.165) is 49.8 Å². The molecule has 168 valence electrons. The van der Waals surface area contributed by atoms with E-state index in [2.05, 4.69) is 53.5 Å². The highest BCUT2D eigenvalue weighted by Crippen LogP contribution is 2.41. The van der Waals surface area contributed by atoms with Crippen LogP contribution in [-0.4, -0.2) is 35.4 Å². The summed E-state index contributed by atoms with van der Waals surface area (Å²) in [7, 11) is 0. The van der Waals surface area contributed by atoms with Gasteiger partial charge in [-0.25, -0.2) is 0 Å². The number of ether oxygens (including phenoxy) is 1. The van der Waals surface area contributed by atoms with Gasteiger partial charge in [0.05, 0.1) is 6.04 Å². The average Bonchev–Trinajstić information content (AvgIpc) is 3.71. The molecule has 1 aliphatic heterocycles.